The quantitative estimate of drug-likeness (QED) is 0.519. The topological polar surface area (TPSA) is 99.9 Å². The van der Waals surface area contributed by atoms with E-state index in [2.05, 4.69) is 10.4 Å². The van der Waals surface area contributed by atoms with Crippen molar-refractivity contribution in [3.63, 3.8) is 0 Å². The lowest BCUT2D eigenvalue weighted by molar-refractivity contribution is 0.626. The molecule has 9 heteroatoms. The third-order valence-electron chi connectivity index (χ3n) is 3.73. The van der Waals surface area contributed by atoms with E-state index in [0.29, 0.717) is 0 Å². The molecule has 3 N–H and O–H groups in total. The standard InChI is InChI=1S/C14H15FN6O2/c1-19-11-10(12(22)20(2)14(19)23)21(13(17-11)18-16)7-8-3-5-9(15)6-4-8/h3-6H,7,16H2,1-2H3,(H,17,18). The molecule has 0 bridgehead atoms. The minimum atomic E-state index is -0.475. The molecule has 0 aliphatic heterocycles. The summed E-state index contributed by atoms with van der Waals surface area (Å²) in [5.74, 6) is 5.37. The number of nitrogens with two attached hydrogens (primary N) is 1. The normalized spacial score (nSPS) is 11.1. The summed E-state index contributed by atoms with van der Waals surface area (Å²) in [6.07, 6.45) is 0. The second-order valence-corrected chi connectivity index (χ2v) is 5.17. The van der Waals surface area contributed by atoms with Crippen molar-refractivity contribution in [3.8, 4) is 0 Å². The van der Waals surface area contributed by atoms with Crippen LogP contribution in [0.15, 0.2) is 33.9 Å². The number of hydrazine groups is 1. The Bertz CT molecular complexity index is 999. The maximum Gasteiger partial charge on any atom is 0.332 e. The van der Waals surface area contributed by atoms with Crippen LogP contribution >= 0.6 is 0 Å². The molecule has 1 aromatic carbocycles. The first-order chi connectivity index (χ1) is 10.9. The van der Waals surface area contributed by atoms with Crippen LogP contribution in [0.25, 0.3) is 11.2 Å². The van der Waals surface area contributed by atoms with Crippen molar-refractivity contribution < 1.29 is 4.39 Å². The Hall–Kier alpha value is -2.94. The van der Waals surface area contributed by atoms with Gasteiger partial charge < -0.3 is 0 Å². The zero-order valence-corrected chi connectivity index (χ0v) is 12.6. The lowest BCUT2D eigenvalue weighted by atomic mass is 10.2. The number of aryl methyl sites for hydroxylation is 1. The average Bonchev–Trinajstić information content (AvgIpc) is 2.91. The van der Waals surface area contributed by atoms with Crippen LogP contribution in [0.2, 0.25) is 0 Å². The Labute approximate surface area is 129 Å². The molecule has 0 amide bonds. The lowest BCUT2D eigenvalue weighted by Crippen LogP contribution is -2.37. The van der Waals surface area contributed by atoms with Gasteiger partial charge in [0, 0.05) is 14.1 Å². The monoisotopic (exact) mass is 318 g/mol. The summed E-state index contributed by atoms with van der Waals surface area (Å²) in [5.41, 5.74) is 2.71. The van der Waals surface area contributed by atoms with Crippen molar-refractivity contribution >= 4 is 17.1 Å². The second kappa shape index (κ2) is 5.36. The van der Waals surface area contributed by atoms with Crippen LogP contribution in [0.5, 0.6) is 0 Å². The van der Waals surface area contributed by atoms with E-state index in [0.717, 1.165) is 10.1 Å². The largest absolute Gasteiger partial charge is 0.332 e. The lowest BCUT2D eigenvalue weighted by Gasteiger charge is -2.09. The SMILES string of the molecule is Cn1c(=O)c2c(nc(NN)n2Cc2ccc(F)cc2)n(C)c1=O. The number of benzene rings is 1. The van der Waals surface area contributed by atoms with E-state index in [1.54, 1.807) is 16.7 Å². The molecule has 0 atom stereocenters. The van der Waals surface area contributed by atoms with E-state index in [1.807, 2.05) is 0 Å². The van der Waals surface area contributed by atoms with Crippen molar-refractivity contribution in [1.29, 1.82) is 0 Å². The van der Waals surface area contributed by atoms with Gasteiger partial charge in [0.2, 0.25) is 5.95 Å². The Morgan fingerprint density at radius 3 is 2.43 bits per heavy atom. The Kier molecular flexibility index (Phi) is 3.49. The minimum absolute atomic E-state index is 0.230. The van der Waals surface area contributed by atoms with Gasteiger partial charge in [-0.3, -0.25) is 23.9 Å². The molecule has 0 unspecified atom stereocenters. The number of anilines is 1. The van der Waals surface area contributed by atoms with Crippen LogP contribution in [-0.2, 0) is 20.6 Å². The van der Waals surface area contributed by atoms with E-state index >= 15 is 0 Å². The minimum Gasteiger partial charge on any atom is -0.299 e. The predicted octanol–water partition coefficient (Wildman–Crippen LogP) is -0.0933. The zero-order chi connectivity index (χ0) is 16.7. The van der Waals surface area contributed by atoms with E-state index in [4.69, 9.17) is 5.84 Å². The van der Waals surface area contributed by atoms with Gasteiger partial charge in [-0.15, -0.1) is 0 Å². The van der Waals surface area contributed by atoms with E-state index in [1.165, 1.54) is 30.8 Å². The number of nitrogen functional groups attached to an aromatic ring is 1. The van der Waals surface area contributed by atoms with E-state index in [-0.39, 0.29) is 29.5 Å². The van der Waals surface area contributed by atoms with Crippen LogP contribution in [0.3, 0.4) is 0 Å². The van der Waals surface area contributed by atoms with Gasteiger partial charge in [-0.1, -0.05) is 12.1 Å². The number of hydrogen-bond acceptors (Lipinski definition) is 5. The highest BCUT2D eigenvalue weighted by Gasteiger charge is 2.18. The van der Waals surface area contributed by atoms with Crippen LogP contribution in [0.4, 0.5) is 10.3 Å². The van der Waals surface area contributed by atoms with E-state index < -0.39 is 11.2 Å². The summed E-state index contributed by atoms with van der Waals surface area (Å²) in [5, 5.41) is 0. The molecule has 0 aliphatic carbocycles. The molecule has 0 saturated carbocycles. The zero-order valence-electron chi connectivity index (χ0n) is 12.6. The summed E-state index contributed by atoms with van der Waals surface area (Å²) >= 11 is 0. The number of hydrogen-bond donors (Lipinski definition) is 2. The van der Waals surface area contributed by atoms with Crippen LogP contribution in [0.1, 0.15) is 5.56 Å². The summed E-state index contributed by atoms with van der Waals surface area (Å²) in [6.45, 7) is 0.254. The van der Waals surface area contributed by atoms with Crippen molar-refractivity contribution in [2.45, 2.75) is 6.54 Å². The van der Waals surface area contributed by atoms with Crippen molar-refractivity contribution in [1.82, 2.24) is 18.7 Å². The fourth-order valence-corrected chi connectivity index (χ4v) is 2.48. The summed E-state index contributed by atoms with van der Waals surface area (Å²) < 4.78 is 16.9. The number of fused-ring (bicyclic) bond motifs is 1. The average molecular weight is 318 g/mol. The molecule has 8 nitrogen and oxygen atoms in total. The van der Waals surface area contributed by atoms with Gasteiger partial charge in [0.05, 0.1) is 6.54 Å². The Morgan fingerprint density at radius 1 is 1.17 bits per heavy atom. The fraction of sp³-hybridized carbons (Fsp3) is 0.214. The van der Waals surface area contributed by atoms with E-state index in [9.17, 15) is 14.0 Å². The molecule has 0 radical (unpaired) electrons. The highest BCUT2D eigenvalue weighted by molar-refractivity contribution is 5.74. The number of halogens is 1. The predicted molar refractivity (Wildman–Crippen MR) is 83.5 cm³/mol. The smallest absolute Gasteiger partial charge is 0.299 e. The first-order valence-electron chi connectivity index (χ1n) is 6.81. The highest BCUT2D eigenvalue weighted by atomic mass is 19.1. The summed E-state index contributed by atoms with van der Waals surface area (Å²) in [7, 11) is 2.93. The number of nitrogens with zero attached hydrogens (tertiary/aromatic N) is 4. The number of aromatic nitrogens is 4. The summed E-state index contributed by atoms with van der Waals surface area (Å²) in [6, 6.07) is 5.87. The highest BCUT2D eigenvalue weighted by Crippen LogP contribution is 2.17. The fourth-order valence-electron chi connectivity index (χ4n) is 2.48. The number of imidazole rings is 1. The molecule has 0 aliphatic rings. The molecule has 2 aromatic heterocycles. The molecule has 2 heterocycles. The van der Waals surface area contributed by atoms with Gasteiger partial charge in [0.1, 0.15) is 5.82 Å². The number of nitrogens with one attached hydrogen (secondary N) is 1. The van der Waals surface area contributed by atoms with Gasteiger partial charge in [-0.25, -0.2) is 15.0 Å². The maximum atomic E-state index is 13.0. The number of rotatable bonds is 3. The summed E-state index contributed by atoms with van der Waals surface area (Å²) in [4.78, 5) is 28.7. The molecule has 23 heavy (non-hydrogen) atoms. The van der Waals surface area contributed by atoms with Gasteiger partial charge in [0.25, 0.3) is 5.56 Å². The van der Waals surface area contributed by atoms with Crippen LogP contribution < -0.4 is 22.5 Å². The first-order valence-corrected chi connectivity index (χ1v) is 6.81. The molecule has 3 rings (SSSR count). The van der Waals surface area contributed by atoms with Crippen LogP contribution in [0, 0.1) is 5.82 Å². The van der Waals surface area contributed by atoms with Crippen molar-refractivity contribution in [2.75, 3.05) is 5.43 Å². The molecule has 0 saturated heterocycles. The first kappa shape index (κ1) is 15.0. The van der Waals surface area contributed by atoms with Gasteiger partial charge >= 0.3 is 5.69 Å². The molecule has 3 aromatic rings. The molecular formula is C14H15FN6O2. The second-order valence-electron chi connectivity index (χ2n) is 5.17. The molecular weight excluding hydrogens is 303 g/mol. The van der Waals surface area contributed by atoms with Gasteiger partial charge in [0.15, 0.2) is 11.2 Å². The molecule has 120 valence electrons. The maximum absolute atomic E-state index is 13.0. The molecule has 0 spiro atoms. The third kappa shape index (κ3) is 2.30. The Balaban J connectivity index is 2.29. The molecule has 0 fully saturated rings. The Morgan fingerprint density at radius 2 is 1.83 bits per heavy atom. The van der Waals surface area contributed by atoms with Crippen molar-refractivity contribution in [3.05, 3.63) is 56.5 Å². The van der Waals surface area contributed by atoms with Gasteiger partial charge in [-0.05, 0) is 17.7 Å². The third-order valence-corrected chi connectivity index (χ3v) is 3.73. The van der Waals surface area contributed by atoms with Crippen LogP contribution in [-0.4, -0.2) is 18.7 Å². The van der Waals surface area contributed by atoms with Crippen molar-refractivity contribution in [2.24, 2.45) is 19.9 Å². The van der Waals surface area contributed by atoms with Gasteiger partial charge in [-0.2, -0.15) is 4.98 Å².